The predicted octanol–water partition coefficient (Wildman–Crippen LogP) is 4.58. The highest BCUT2D eigenvalue weighted by molar-refractivity contribution is 6.07. The first-order valence-corrected chi connectivity index (χ1v) is 9.22. The first-order chi connectivity index (χ1) is 12.5. The molecule has 2 aliphatic heterocycles. The molecule has 0 radical (unpaired) electrons. The predicted molar refractivity (Wildman–Crippen MR) is 97.8 cm³/mol. The summed E-state index contributed by atoms with van der Waals surface area (Å²) in [5.41, 5.74) is 2.16. The normalized spacial score (nSPS) is 24.5. The molecule has 0 aliphatic carbocycles. The number of carbonyl (C=O) groups excluding carboxylic acids is 2. The number of amides is 1. The van der Waals surface area contributed by atoms with E-state index in [-0.39, 0.29) is 29.6 Å². The summed E-state index contributed by atoms with van der Waals surface area (Å²) in [7, 11) is 0. The van der Waals surface area contributed by atoms with E-state index >= 15 is 0 Å². The third kappa shape index (κ3) is 2.94. The van der Waals surface area contributed by atoms with Crippen LogP contribution in [-0.4, -0.2) is 28.7 Å². The minimum absolute atomic E-state index is 0.0270. The Kier molecular flexibility index (Phi) is 4.35. The maximum atomic E-state index is 13.2. The topological polar surface area (TPSA) is 37.4 Å². The average Bonchev–Trinajstić information content (AvgIpc) is 2.91. The van der Waals surface area contributed by atoms with Crippen LogP contribution in [0.4, 0.5) is 4.39 Å². The molecule has 1 unspecified atom stereocenters. The van der Waals surface area contributed by atoms with Crippen LogP contribution in [-0.2, 0) is 0 Å². The average molecular weight is 351 g/mol. The Bertz CT molecular complexity index is 831. The molecule has 0 N–H and O–H groups in total. The van der Waals surface area contributed by atoms with Gasteiger partial charge in [-0.05, 0) is 62.3 Å². The Labute approximate surface area is 152 Å². The van der Waals surface area contributed by atoms with Gasteiger partial charge in [-0.3, -0.25) is 9.59 Å². The van der Waals surface area contributed by atoms with Gasteiger partial charge >= 0.3 is 0 Å². The molecule has 134 valence electrons. The third-order valence-corrected chi connectivity index (χ3v) is 5.85. The van der Waals surface area contributed by atoms with E-state index in [0.29, 0.717) is 17.0 Å². The monoisotopic (exact) mass is 351 g/mol. The van der Waals surface area contributed by atoms with Gasteiger partial charge < -0.3 is 4.90 Å². The van der Waals surface area contributed by atoms with Gasteiger partial charge in [0.15, 0.2) is 5.78 Å². The van der Waals surface area contributed by atoms with Crippen molar-refractivity contribution in [2.75, 3.05) is 0 Å². The number of hydrogen-bond donors (Lipinski definition) is 0. The summed E-state index contributed by atoms with van der Waals surface area (Å²) in [6.07, 6.45) is 3.79. The Morgan fingerprint density at radius 2 is 1.50 bits per heavy atom. The van der Waals surface area contributed by atoms with Crippen molar-refractivity contribution in [1.82, 2.24) is 4.90 Å². The number of nitrogens with zero attached hydrogens (tertiary/aromatic N) is 1. The van der Waals surface area contributed by atoms with Crippen molar-refractivity contribution in [1.29, 1.82) is 0 Å². The second-order valence-electron chi connectivity index (χ2n) is 7.42. The van der Waals surface area contributed by atoms with Gasteiger partial charge in [0.25, 0.3) is 5.91 Å². The summed E-state index contributed by atoms with van der Waals surface area (Å²) in [5.74, 6) is 0.0359. The molecular formula is C22H22FNO2. The summed E-state index contributed by atoms with van der Waals surface area (Å²) in [6, 6.07) is 14.2. The summed E-state index contributed by atoms with van der Waals surface area (Å²) in [6.45, 7) is 1.50. The molecule has 4 rings (SSSR count). The Morgan fingerprint density at radius 3 is 2.08 bits per heavy atom. The molecule has 2 saturated heterocycles. The lowest BCUT2D eigenvalue weighted by molar-refractivity contribution is 0.0568. The van der Waals surface area contributed by atoms with E-state index in [2.05, 4.69) is 0 Å². The zero-order valence-electron chi connectivity index (χ0n) is 14.8. The van der Waals surface area contributed by atoms with Crippen molar-refractivity contribution in [3.63, 3.8) is 0 Å². The minimum atomic E-state index is -0.217. The van der Waals surface area contributed by atoms with E-state index < -0.39 is 0 Å². The van der Waals surface area contributed by atoms with Crippen LogP contribution in [0, 0.1) is 5.82 Å². The maximum Gasteiger partial charge on any atom is 0.255 e. The summed E-state index contributed by atoms with van der Waals surface area (Å²) >= 11 is 0. The van der Waals surface area contributed by atoms with Crippen molar-refractivity contribution in [3.8, 4) is 0 Å². The number of ketones is 1. The molecule has 2 heterocycles. The lowest BCUT2D eigenvalue weighted by Crippen LogP contribution is -2.46. The first kappa shape index (κ1) is 17.0. The zero-order chi connectivity index (χ0) is 18.3. The molecule has 0 aromatic heterocycles. The maximum absolute atomic E-state index is 13.2. The van der Waals surface area contributed by atoms with Crippen molar-refractivity contribution >= 4 is 11.7 Å². The SMILES string of the molecule is CC(=O)c1ccccc1C(=O)N1[C@@H]2CC[C@H]1CC(c1ccc(F)cc1)C2. The van der Waals surface area contributed by atoms with Crippen LogP contribution in [0.15, 0.2) is 48.5 Å². The Hall–Kier alpha value is -2.49. The molecule has 2 fully saturated rings. The smallest absolute Gasteiger partial charge is 0.255 e. The fraction of sp³-hybridized carbons (Fsp3) is 0.364. The molecular weight excluding hydrogens is 329 g/mol. The molecule has 3 nitrogen and oxygen atoms in total. The summed E-state index contributed by atoms with van der Waals surface area (Å²) < 4.78 is 13.2. The number of fused-ring (bicyclic) bond motifs is 2. The number of halogens is 1. The van der Waals surface area contributed by atoms with Gasteiger partial charge in [0.05, 0.1) is 5.56 Å². The van der Waals surface area contributed by atoms with E-state index in [1.165, 1.54) is 19.1 Å². The van der Waals surface area contributed by atoms with Crippen LogP contribution in [0.1, 0.15) is 64.8 Å². The van der Waals surface area contributed by atoms with Crippen LogP contribution < -0.4 is 0 Å². The molecule has 2 bridgehead atoms. The minimum Gasteiger partial charge on any atom is -0.333 e. The van der Waals surface area contributed by atoms with Crippen LogP contribution in [0.3, 0.4) is 0 Å². The van der Waals surface area contributed by atoms with Crippen LogP contribution in [0.25, 0.3) is 0 Å². The highest BCUT2D eigenvalue weighted by atomic mass is 19.1. The first-order valence-electron chi connectivity index (χ1n) is 9.22. The molecule has 1 amide bonds. The molecule has 4 heteroatoms. The van der Waals surface area contributed by atoms with E-state index in [9.17, 15) is 14.0 Å². The van der Waals surface area contributed by atoms with Crippen molar-refractivity contribution in [2.24, 2.45) is 0 Å². The largest absolute Gasteiger partial charge is 0.333 e. The number of carbonyl (C=O) groups is 2. The zero-order valence-corrected chi connectivity index (χ0v) is 14.8. The Morgan fingerprint density at radius 1 is 0.923 bits per heavy atom. The number of piperidine rings is 1. The van der Waals surface area contributed by atoms with Gasteiger partial charge in [-0.15, -0.1) is 0 Å². The molecule has 0 saturated carbocycles. The standard InChI is InChI=1S/C22H22FNO2/c1-14(25)20-4-2-3-5-21(20)22(26)24-18-10-11-19(24)13-16(12-18)15-6-8-17(23)9-7-15/h2-9,16,18-19H,10-13H2,1H3/t16?,18-,19+. The van der Waals surface area contributed by atoms with Crippen molar-refractivity contribution in [2.45, 2.75) is 50.6 Å². The fourth-order valence-electron chi connectivity index (χ4n) is 4.63. The van der Waals surface area contributed by atoms with Gasteiger partial charge in [0, 0.05) is 17.6 Å². The van der Waals surface area contributed by atoms with Crippen molar-refractivity contribution in [3.05, 3.63) is 71.0 Å². The molecule has 3 atom stereocenters. The highest BCUT2D eigenvalue weighted by Crippen LogP contribution is 2.43. The van der Waals surface area contributed by atoms with Gasteiger partial charge in [-0.25, -0.2) is 4.39 Å². The number of benzene rings is 2. The number of rotatable bonds is 3. The van der Waals surface area contributed by atoms with Crippen molar-refractivity contribution < 1.29 is 14.0 Å². The van der Waals surface area contributed by atoms with E-state index in [0.717, 1.165) is 31.2 Å². The Balaban J connectivity index is 1.58. The van der Waals surface area contributed by atoms with E-state index in [1.807, 2.05) is 23.1 Å². The lowest BCUT2D eigenvalue weighted by atomic mass is 9.84. The van der Waals surface area contributed by atoms with Gasteiger partial charge in [0.2, 0.25) is 0 Å². The summed E-state index contributed by atoms with van der Waals surface area (Å²) in [5, 5.41) is 0. The second-order valence-corrected chi connectivity index (χ2v) is 7.42. The molecule has 2 aromatic rings. The van der Waals surface area contributed by atoms with Gasteiger partial charge in [-0.2, -0.15) is 0 Å². The van der Waals surface area contributed by atoms with Crippen LogP contribution in [0.5, 0.6) is 0 Å². The fourth-order valence-corrected chi connectivity index (χ4v) is 4.63. The van der Waals surface area contributed by atoms with Gasteiger partial charge in [-0.1, -0.05) is 30.3 Å². The quantitative estimate of drug-likeness (QED) is 0.759. The van der Waals surface area contributed by atoms with E-state index in [4.69, 9.17) is 0 Å². The highest BCUT2D eigenvalue weighted by Gasteiger charge is 2.44. The van der Waals surface area contributed by atoms with Crippen LogP contribution in [0.2, 0.25) is 0 Å². The number of hydrogen-bond acceptors (Lipinski definition) is 2. The molecule has 2 aliphatic rings. The third-order valence-electron chi connectivity index (χ3n) is 5.85. The van der Waals surface area contributed by atoms with Crippen LogP contribution >= 0.6 is 0 Å². The molecule has 0 spiro atoms. The second kappa shape index (κ2) is 6.67. The van der Waals surface area contributed by atoms with E-state index in [1.54, 1.807) is 18.2 Å². The molecule has 26 heavy (non-hydrogen) atoms. The lowest BCUT2D eigenvalue weighted by Gasteiger charge is -2.39. The van der Waals surface area contributed by atoms with Gasteiger partial charge in [0.1, 0.15) is 5.82 Å². The molecule has 2 aromatic carbocycles. The number of Topliss-reactive ketones (excluding diaryl/α,β-unsaturated/α-hetero) is 1. The summed E-state index contributed by atoms with van der Waals surface area (Å²) in [4.78, 5) is 27.1.